The lowest BCUT2D eigenvalue weighted by Gasteiger charge is -2.35. The van der Waals surface area contributed by atoms with Crippen LogP contribution in [-0.4, -0.2) is 47.2 Å². The predicted molar refractivity (Wildman–Crippen MR) is 99.6 cm³/mol. The minimum Gasteiger partial charge on any atom is -0.492 e. The first-order chi connectivity index (χ1) is 11.1. The van der Waals surface area contributed by atoms with Gasteiger partial charge in [0.2, 0.25) is 0 Å². The minimum absolute atomic E-state index is 0. The molecule has 5 nitrogen and oxygen atoms in total. The number of aryl methyl sites for hydroxylation is 1. The lowest BCUT2D eigenvalue weighted by molar-refractivity contribution is 0.127. The van der Waals surface area contributed by atoms with Gasteiger partial charge in [0, 0.05) is 55.7 Å². The Morgan fingerprint density at radius 1 is 1.29 bits per heavy atom. The van der Waals surface area contributed by atoms with E-state index in [0.29, 0.717) is 22.4 Å². The summed E-state index contributed by atoms with van der Waals surface area (Å²) in [4.78, 5) is 6.88. The highest BCUT2D eigenvalue weighted by molar-refractivity contribution is 6.34. The molecule has 0 spiro atoms. The molecule has 3 rings (SSSR count). The molecule has 8 heteroatoms. The number of halogens is 3. The summed E-state index contributed by atoms with van der Waals surface area (Å²) in [5.74, 6) is 1.77. The first-order valence-electron chi connectivity index (χ1n) is 7.64. The zero-order chi connectivity index (χ0) is 16.2. The van der Waals surface area contributed by atoms with E-state index in [4.69, 9.17) is 27.9 Å². The van der Waals surface area contributed by atoms with Crippen molar-refractivity contribution in [2.45, 2.75) is 6.04 Å². The van der Waals surface area contributed by atoms with Crippen molar-refractivity contribution in [3.63, 3.8) is 0 Å². The Bertz CT molecular complexity index is 644. The summed E-state index contributed by atoms with van der Waals surface area (Å²) in [5, 5.41) is 4.60. The molecule has 0 saturated carbocycles. The molecule has 1 aliphatic heterocycles. The van der Waals surface area contributed by atoms with Crippen molar-refractivity contribution < 1.29 is 4.74 Å². The van der Waals surface area contributed by atoms with E-state index in [9.17, 15) is 0 Å². The van der Waals surface area contributed by atoms with E-state index in [1.807, 2.05) is 19.4 Å². The van der Waals surface area contributed by atoms with Gasteiger partial charge >= 0.3 is 0 Å². The average Bonchev–Trinajstić information content (AvgIpc) is 2.93. The predicted octanol–water partition coefficient (Wildman–Crippen LogP) is 3.17. The maximum atomic E-state index is 5.99. The normalized spacial score (nSPS) is 18.2. The van der Waals surface area contributed by atoms with E-state index in [0.717, 1.165) is 32.0 Å². The Balaban J connectivity index is 0.00000208. The van der Waals surface area contributed by atoms with Crippen LogP contribution in [0.15, 0.2) is 30.6 Å². The Morgan fingerprint density at radius 2 is 2.04 bits per heavy atom. The molecule has 0 amide bonds. The van der Waals surface area contributed by atoms with E-state index in [2.05, 4.69) is 19.8 Å². The van der Waals surface area contributed by atoms with Gasteiger partial charge < -0.3 is 14.6 Å². The molecule has 1 atom stereocenters. The lowest BCUT2D eigenvalue weighted by Crippen LogP contribution is -2.48. The van der Waals surface area contributed by atoms with Crippen LogP contribution in [0, 0.1) is 0 Å². The number of hydrogen-bond donors (Lipinski definition) is 1. The largest absolute Gasteiger partial charge is 0.492 e. The second-order valence-corrected chi connectivity index (χ2v) is 6.48. The summed E-state index contributed by atoms with van der Waals surface area (Å²) in [7, 11) is 2.03. The van der Waals surface area contributed by atoms with Gasteiger partial charge in [0.1, 0.15) is 18.2 Å². The molecule has 0 bridgehead atoms. The second kappa shape index (κ2) is 8.92. The average molecular weight is 392 g/mol. The molecule has 1 N–H and O–H groups in total. The van der Waals surface area contributed by atoms with Crippen LogP contribution in [-0.2, 0) is 7.05 Å². The Morgan fingerprint density at radius 3 is 2.71 bits per heavy atom. The third kappa shape index (κ3) is 4.77. The van der Waals surface area contributed by atoms with Crippen molar-refractivity contribution in [3.8, 4) is 5.75 Å². The van der Waals surface area contributed by atoms with Crippen molar-refractivity contribution in [1.82, 2.24) is 19.8 Å². The number of piperazine rings is 1. The number of nitrogens with one attached hydrogen (secondary N) is 1. The minimum atomic E-state index is 0. The number of rotatable bonds is 5. The maximum Gasteiger partial charge on any atom is 0.127 e. The standard InChI is InChI=1S/C16H20Cl2N4O.ClH/c1-21-4-3-20-16(21)15-11-19-2-5-22(15)6-7-23-14-9-12(17)8-13(18)10-14;/h3-4,8-10,15,19H,2,5-7,11H2,1H3;1H. The highest BCUT2D eigenvalue weighted by Crippen LogP contribution is 2.24. The summed E-state index contributed by atoms with van der Waals surface area (Å²) in [5.41, 5.74) is 0. The maximum absolute atomic E-state index is 5.99. The van der Waals surface area contributed by atoms with Gasteiger partial charge in [-0.25, -0.2) is 4.98 Å². The molecule has 1 aliphatic rings. The summed E-state index contributed by atoms with van der Waals surface area (Å²) in [6, 6.07) is 5.52. The molecule has 1 aromatic heterocycles. The molecule has 24 heavy (non-hydrogen) atoms. The third-order valence-electron chi connectivity index (χ3n) is 3.99. The molecule has 0 aliphatic carbocycles. The number of aromatic nitrogens is 2. The SMILES string of the molecule is Cl.Cn1ccnc1C1CNCCN1CCOc1cc(Cl)cc(Cl)c1. The molecule has 2 aromatic rings. The van der Waals surface area contributed by atoms with E-state index >= 15 is 0 Å². The summed E-state index contributed by atoms with van der Waals surface area (Å²) in [6.07, 6.45) is 3.82. The van der Waals surface area contributed by atoms with Gasteiger partial charge in [0.05, 0.1) is 6.04 Å². The van der Waals surface area contributed by atoms with Gasteiger partial charge in [-0.05, 0) is 18.2 Å². The quantitative estimate of drug-likeness (QED) is 0.850. The monoisotopic (exact) mass is 390 g/mol. The van der Waals surface area contributed by atoms with E-state index < -0.39 is 0 Å². The van der Waals surface area contributed by atoms with Gasteiger partial charge in [-0.3, -0.25) is 4.90 Å². The number of nitrogens with zero attached hydrogens (tertiary/aromatic N) is 3. The molecule has 132 valence electrons. The molecule has 2 heterocycles. The van der Waals surface area contributed by atoms with Crippen molar-refractivity contribution >= 4 is 35.6 Å². The van der Waals surface area contributed by atoms with Crippen LogP contribution in [0.25, 0.3) is 0 Å². The van der Waals surface area contributed by atoms with E-state index in [1.54, 1.807) is 18.2 Å². The summed E-state index contributed by atoms with van der Waals surface area (Å²) in [6.45, 7) is 4.25. The van der Waals surface area contributed by atoms with Gasteiger partial charge in [-0.1, -0.05) is 23.2 Å². The van der Waals surface area contributed by atoms with Crippen LogP contribution >= 0.6 is 35.6 Å². The Kier molecular flexibility index (Phi) is 7.19. The first-order valence-corrected chi connectivity index (χ1v) is 8.40. The Labute approximate surface area is 158 Å². The number of hydrogen-bond acceptors (Lipinski definition) is 4. The molecule has 1 saturated heterocycles. The summed E-state index contributed by atoms with van der Waals surface area (Å²) < 4.78 is 7.88. The molecule has 1 unspecified atom stereocenters. The highest BCUT2D eigenvalue weighted by atomic mass is 35.5. The highest BCUT2D eigenvalue weighted by Gasteiger charge is 2.26. The van der Waals surface area contributed by atoms with Gasteiger partial charge in [0.25, 0.3) is 0 Å². The summed E-state index contributed by atoms with van der Waals surface area (Å²) >= 11 is 12.0. The van der Waals surface area contributed by atoms with E-state index in [-0.39, 0.29) is 18.4 Å². The molecular weight excluding hydrogens is 371 g/mol. The van der Waals surface area contributed by atoms with Crippen molar-refractivity contribution in [2.24, 2.45) is 7.05 Å². The van der Waals surface area contributed by atoms with Crippen LogP contribution in [0.1, 0.15) is 11.9 Å². The number of benzene rings is 1. The van der Waals surface area contributed by atoms with E-state index in [1.165, 1.54) is 0 Å². The fourth-order valence-electron chi connectivity index (χ4n) is 2.86. The lowest BCUT2D eigenvalue weighted by atomic mass is 10.2. The fourth-order valence-corrected chi connectivity index (χ4v) is 3.37. The zero-order valence-electron chi connectivity index (χ0n) is 13.4. The topological polar surface area (TPSA) is 42.3 Å². The van der Waals surface area contributed by atoms with Crippen LogP contribution in [0.4, 0.5) is 0 Å². The van der Waals surface area contributed by atoms with Gasteiger partial charge in [-0.2, -0.15) is 0 Å². The smallest absolute Gasteiger partial charge is 0.127 e. The van der Waals surface area contributed by atoms with Gasteiger partial charge in [0.15, 0.2) is 0 Å². The zero-order valence-corrected chi connectivity index (χ0v) is 15.7. The third-order valence-corrected chi connectivity index (χ3v) is 4.43. The molecule has 1 fully saturated rings. The van der Waals surface area contributed by atoms with Crippen LogP contribution in [0.2, 0.25) is 10.0 Å². The van der Waals surface area contributed by atoms with Crippen LogP contribution in [0.3, 0.4) is 0 Å². The number of imidazole rings is 1. The fraction of sp³-hybridized carbons (Fsp3) is 0.438. The van der Waals surface area contributed by atoms with Crippen molar-refractivity contribution in [2.75, 3.05) is 32.8 Å². The molecule has 1 aromatic carbocycles. The first kappa shape index (κ1) is 19.3. The Hall–Kier alpha value is -0.980. The van der Waals surface area contributed by atoms with Crippen molar-refractivity contribution in [3.05, 3.63) is 46.5 Å². The molecular formula is C16H21Cl3N4O. The van der Waals surface area contributed by atoms with Gasteiger partial charge in [-0.15, -0.1) is 12.4 Å². The van der Waals surface area contributed by atoms with Crippen LogP contribution < -0.4 is 10.1 Å². The number of ether oxygens (including phenoxy) is 1. The van der Waals surface area contributed by atoms with Crippen molar-refractivity contribution in [1.29, 1.82) is 0 Å². The molecule has 0 radical (unpaired) electrons. The van der Waals surface area contributed by atoms with Crippen LogP contribution in [0.5, 0.6) is 5.75 Å². The second-order valence-electron chi connectivity index (χ2n) is 5.61.